The molecule has 2 fully saturated rings. The molecule has 2 aliphatic rings. The van der Waals surface area contributed by atoms with Crippen LogP contribution in [0.1, 0.15) is 36.3 Å². The summed E-state index contributed by atoms with van der Waals surface area (Å²) in [5.74, 6) is -2.44. The van der Waals surface area contributed by atoms with E-state index in [9.17, 15) is 27.6 Å². The monoisotopic (exact) mass is 669 g/mol. The molecule has 0 radical (unpaired) electrons. The third-order valence-electron chi connectivity index (χ3n) is 7.73. The quantitative estimate of drug-likeness (QED) is 0.280. The second-order valence-electron chi connectivity index (χ2n) is 10.6. The fourth-order valence-electron chi connectivity index (χ4n) is 5.72. The van der Waals surface area contributed by atoms with E-state index < -0.39 is 24.1 Å². The molecule has 3 amide bonds. The number of alkyl halides is 3. The maximum atomic E-state index is 13.3. The van der Waals surface area contributed by atoms with Gasteiger partial charge in [0.2, 0.25) is 17.7 Å². The fourth-order valence-corrected chi connectivity index (χ4v) is 6.24. The summed E-state index contributed by atoms with van der Waals surface area (Å²) in [6, 6.07) is 18.6. The van der Waals surface area contributed by atoms with Crippen LogP contribution >= 0.6 is 35.6 Å². The summed E-state index contributed by atoms with van der Waals surface area (Å²) in [4.78, 5) is 38.8. The highest BCUT2D eigenvalue weighted by Gasteiger charge is 2.38. The molecule has 44 heavy (non-hydrogen) atoms. The van der Waals surface area contributed by atoms with Crippen molar-refractivity contribution in [3.8, 4) is 16.9 Å². The van der Waals surface area contributed by atoms with Gasteiger partial charge in [-0.05, 0) is 41.8 Å². The highest BCUT2D eigenvalue weighted by Crippen LogP contribution is 2.36. The molecule has 0 aliphatic carbocycles. The van der Waals surface area contributed by atoms with Crippen LogP contribution in [-0.2, 0) is 20.9 Å². The Kier molecular flexibility index (Phi) is 10.8. The lowest BCUT2D eigenvalue weighted by atomic mass is 9.84. The number of likely N-dealkylation sites (tertiary alicyclic amines) is 1. The van der Waals surface area contributed by atoms with Crippen LogP contribution in [0, 0.1) is 5.92 Å². The highest BCUT2D eigenvalue weighted by atomic mass is 35.5. The average molecular weight is 671 g/mol. The van der Waals surface area contributed by atoms with Crippen LogP contribution in [0.2, 0.25) is 10.0 Å². The van der Waals surface area contributed by atoms with Crippen molar-refractivity contribution in [1.82, 2.24) is 15.5 Å². The van der Waals surface area contributed by atoms with Gasteiger partial charge >= 0.3 is 6.36 Å². The van der Waals surface area contributed by atoms with Crippen molar-refractivity contribution >= 4 is 53.3 Å². The lowest BCUT2D eigenvalue weighted by Gasteiger charge is -2.41. The maximum absolute atomic E-state index is 13.3. The Labute approximate surface area is 268 Å². The minimum absolute atomic E-state index is 0. The third kappa shape index (κ3) is 8.24. The third-order valence-corrected chi connectivity index (χ3v) is 8.27. The maximum Gasteiger partial charge on any atom is 0.573 e. The summed E-state index contributed by atoms with van der Waals surface area (Å²) in [7, 11) is 0. The summed E-state index contributed by atoms with van der Waals surface area (Å²) in [6.45, 7) is 0.724. The van der Waals surface area contributed by atoms with Gasteiger partial charge in [0.1, 0.15) is 5.75 Å². The molecule has 3 aromatic rings. The Morgan fingerprint density at radius 1 is 1.00 bits per heavy atom. The average Bonchev–Trinajstić information content (AvgIpc) is 2.95. The number of nitrogens with one attached hydrogen (secondary N) is 2. The number of ether oxygens (including phenoxy) is 1. The number of benzene rings is 3. The number of piperidine rings is 2. The van der Waals surface area contributed by atoms with Crippen molar-refractivity contribution in [2.75, 3.05) is 13.1 Å². The number of nitrogens with zero attached hydrogens (tertiary/aromatic N) is 1. The predicted octanol–water partition coefficient (Wildman–Crippen LogP) is 6.51. The first-order valence-electron chi connectivity index (χ1n) is 13.7. The summed E-state index contributed by atoms with van der Waals surface area (Å²) >= 11 is 12.4. The molecular formula is C31H29Cl3F3N3O4. The van der Waals surface area contributed by atoms with E-state index >= 15 is 0 Å². The normalized spacial score (nSPS) is 19.2. The molecular weight excluding hydrogens is 642 g/mol. The van der Waals surface area contributed by atoms with Gasteiger partial charge < -0.3 is 15.0 Å². The Morgan fingerprint density at radius 2 is 1.70 bits per heavy atom. The first-order valence-corrected chi connectivity index (χ1v) is 14.5. The summed E-state index contributed by atoms with van der Waals surface area (Å²) in [5.41, 5.74) is 2.43. The lowest BCUT2D eigenvalue weighted by molar-refractivity contribution is -0.274. The standard InChI is InChI=1S/C31H28Cl2F3N3O4.ClH/c32-22-7-8-23(25(33)15-22)19-6-9-27(43-31(34,35)36)21(12-19)16-37-26-10-11-39(17-24(26)18-4-2-1-3-5-18)30(42)20-13-28(40)38-29(41)14-20;/h1-9,12,15,20,24,26,37H,10-11,13-14,16-17H2,(H,38,40,41);1H/t24-,26-;/m0./s1. The van der Waals surface area contributed by atoms with Gasteiger partial charge in [0, 0.05) is 65.6 Å². The summed E-state index contributed by atoms with van der Waals surface area (Å²) in [6.07, 6.45) is -4.48. The molecule has 2 N–H and O–H groups in total. The number of hydrogen-bond donors (Lipinski definition) is 2. The van der Waals surface area contributed by atoms with Crippen LogP contribution in [0.4, 0.5) is 13.2 Å². The number of carbonyl (C=O) groups excluding carboxylic acids is 3. The van der Waals surface area contributed by atoms with Crippen LogP contribution < -0.4 is 15.4 Å². The van der Waals surface area contributed by atoms with E-state index in [1.54, 1.807) is 29.2 Å². The van der Waals surface area contributed by atoms with Crippen LogP contribution in [0.3, 0.4) is 0 Å². The topological polar surface area (TPSA) is 87.7 Å². The smallest absolute Gasteiger partial charge is 0.405 e. The number of halogens is 6. The van der Waals surface area contributed by atoms with E-state index in [0.29, 0.717) is 40.7 Å². The number of imide groups is 1. The van der Waals surface area contributed by atoms with E-state index in [2.05, 4.69) is 15.4 Å². The van der Waals surface area contributed by atoms with Crippen molar-refractivity contribution in [1.29, 1.82) is 0 Å². The minimum atomic E-state index is -4.89. The van der Waals surface area contributed by atoms with Crippen LogP contribution in [0.25, 0.3) is 11.1 Å². The van der Waals surface area contributed by atoms with Gasteiger partial charge in [-0.2, -0.15) is 0 Å². The lowest BCUT2D eigenvalue weighted by Crippen LogP contribution is -2.52. The molecule has 0 bridgehead atoms. The Balaban J connectivity index is 0.00000442. The molecule has 3 aromatic carbocycles. The molecule has 0 saturated carbocycles. The first kappa shape index (κ1) is 33.6. The van der Waals surface area contributed by atoms with E-state index in [1.165, 1.54) is 12.1 Å². The number of rotatable bonds is 7. The molecule has 13 heteroatoms. The van der Waals surface area contributed by atoms with Gasteiger partial charge in [0.15, 0.2) is 0 Å². The van der Waals surface area contributed by atoms with Gasteiger partial charge in [0.05, 0.1) is 5.92 Å². The zero-order valence-corrected chi connectivity index (χ0v) is 25.5. The largest absolute Gasteiger partial charge is 0.573 e. The Bertz CT molecular complexity index is 1510. The Hall–Kier alpha value is -3.31. The van der Waals surface area contributed by atoms with Gasteiger partial charge in [0.25, 0.3) is 0 Å². The molecule has 0 spiro atoms. The van der Waals surface area contributed by atoms with Gasteiger partial charge in [-0.15, -0.1) is 25.6 Å². The number of amides is 3. The zero-order valence-electron chi connectivity index (χ0n) is 23.2. The van der Waals surface area contributed by atoms with Crippen LogP contribution in [-0.4, -0.2) is 48.1 Å². The van der Waals surface area contributed by atoms with Crippen molar-refractivity contribution in [3.63, 3.8) is 0 Å². The number of hydrogen-bond acceptors (Lipinski definition) is 5. The van der Waals surface area contributed by atoms with Crippen molar-refractivity contribution in [2.45, 2.75) is 44.1 Å². The molecule has 2 aliphatic heterocycles. The molecule has 234 valence electrons. The van der Waals surface area contributed by atoms with E-state index in [0.717, 1.165) is 5.56 Å². The molecule has 5 rings (SSSR count). The molecule has 0 aromatic heterocycles. The van der Waals surface area contributed by atoms with E-state index in [-0.39, 0.29) is 61.0 Å². The molecule has 2 atom stereocenters. The molecule has 2 saturated heterocycles. The van der Waals surface area contributed by atoms with E-state index in [1.807, 2.05) is 30.3 Å². The van der Waals surface area contributed by atoms with Crippen molar-refractivity contribution in [3.05, 3.63) is 87.9 Å². The molecule has 7 nitrogen and oxygen atoms in total. The second-order valence-corrected chi connectivity index (χ2v) is 11.5. The van der Waals surface area contributed by atoms with E-state index in [4.69, 9.17) is 23.2 Å². The second kappa shape index (κ2) is 14.2. The predicted molar refractivity (Wildman–Crippen MR) is 163 cm³/mol. The first-order chi connectivity index (χ1) is 20.5. The van der Waals surface area contributed by atoms with Gasteiger partial charge in [-0.3, -0.25) is 19.7 Å². The van der Waals surface area contributed by atoms with Crippen LogP contribution in [0.5, 0.6) is 5.75 Å². The number of carbonyl (C=O) groups is 3. The van der Waals surface area contributed by atoms with Crippen molar-refractivity contribution in [2.24, 2.45) is 5.92 Å². The van der Waals surface area contributed by atoms with Gasteiger partial charge in [-0.1, -0.05) is 65.7 Å². The van der Waals surface area contributed by atoms with Crippen molar-refractivity contribution < 1.29 is 32.3 Å². The SMILES string of the molecule is Cl.O=C1CC(C(=O)N2CC[C@H](NCc3cc(-c4ccc(Cl)cc4Cl)ccc3OC(F)(F)F)[C@H](c3ccccc3)C2)CC(=O)N1. The fraction of sp³-hybridized carbons (Fsp3) is 0.323. The summed E-state index contributed by atoms with van der Waals surface area (Å²) < 4.78 is 44.2. The van der Waals surface area contributed by atoms with Crippen LogP contribution in [0.15, 0.2) is 66.7 Å². The zero-order chi connectivity index (χ0) is 30.7. The minimum Gasteiger partial charge on any atom is -0.405 e. The van der Waals surface area contributed by atoms with Gasteiger partial charge in [-0.25, -0.2) is 0 Å². The summed E-state index contributed by atoms with van der Waals surface area (Å²) in [5, 5.41) is 6.43. The Morgan fingerprint density at radius 3 is 2.36 bits per heavy atom. The molecule has 0 unspecified atom stereocenters. The molecule has 2 heterocycles. The highest BCUT2D eigenvalue weighted by molar-refractivity contribution is 6.36.